The van der Waals surface area contributed by atoms with E-state index in [0.29, 0.717) is 19.4 Å². The van der Waals surface area contributed by atoms with Gasteiger partial charge >= 0.3 is 12.0 Å². The number of amides is 3. The number of esters is 1. The molecule has 0 N–H and O–H groups in total. The van der Waals surface area contributed by atoms with E-state index in [-0.39, 0.29) is 43.9 Å². The van der Waals surface area contributed by atoms with Crippen LogP contribution in [-0.4, -0.2) is 52.9 Å². The summed E-state index contributed by atoms with van der Waals surface area (Å²) in [6, 6.07) is -0.327. The van der Waals surface area contributed by atoms with Crippen molar-refractivity contribution in [2.24, 2.45) is 0 Å². The van der Waals surface area contributed by atoms with Crippen LogP contribution in [0, 0.1) is 0 Å². The van der Waals surface area contributed by atoms with Crippen LogP contribution in [0.15, 0.2) is 24.8 Å². The molecular formula is C18H28N2O4. The van der Waals surface area contributed by atoms with Crippen molar-refractivity contribution in [1.82, 2.24) is 9.80 Å². The van der Waals surface area contributed by atoms with E-state index in [1.807, 2.05) is 13.8 Å². The van der Waals surface area contributed by atoms with E-state index in [2.05, 4.69) is 13.2 Å². The number of urea groups is 1. The zero-order chi connectivity index (χ0) is 18.3. The molecule has 24 heavy (non-hydrogen) atoms. The Morgan fingerprint density at radius 1 is 1.33 bits per heavy atom. The second kappa shape index (κ2) is 8.66. The van der Waals surface area contributed by atoms with Gasteiger partial charge in [-0.1, -0.05) is 18.6 Å². The van der Waals surface area contributed by atoms with Gasteiger partial charge in [0.1, 0.15) is 5.54 Å². The Hall–Kier alpha value is -2.11. The van der Waals surface area contributed by atoms with Crippen molar-refractivity contribution >= 4 is 17.9 Å². The molecular weight excluding hydrogens is 308 g/mol. The van der Waals surface area contributed by atoms with Crippen LogP contribution in [0.2, 0.25) is 0 Å². The van der Waals surface area contributed by atoms with Crippen molar-refractivity contribution in [3.8, 4) is 0 Å². The topological polar surface area (TPSA) is 66.9 Å². The van der Waals surface area contributed by atoms with Crippen LogP contribution < -0.4 is 0 Å². The highest BCUT2D eigenvalue weighted by molar-refractivity contribution is 6.07. The maximum atomic E-state index is 13.1. The number of carbonyl (C=O) groups is 3. The van der Waals surface area contributed by atoms with Gasteiger partial charge in [-0.05, 0) is 26.7 Å². The lowest BCUT2D eigenvalue weighted by Crippen LogP contribution is -2.50. The minimum Gasteiger partial charge on any atom is -0.466 e. The minimum absolute atomic E-state index is 0.0771. The summed E-state index contributed by atoms with van der Waals surface area (Å²) < 4.78 is 4.97. The zero-order valence-electron chi connectivity index (χ0n) is 15.0. The second-order valence-electron chi connectivity index (χ2n) is 6.11. The van der Waals surface area contributed by atoms with Gasteiger partial charge in [0.2, 0.25) is 0 Å². The van der Waals surface area contributed by atoms with E-state index in [1.165, 1.54) is 9.80 Å². The van der Waals surface area contributed by atoms with E-state index >= 15 is 0 Å². The SMILES string of the molecule is C=CCN1C(=O)N(CCC)C(=O)C1(CCC(=O)OCC)CC(=C)C. The summed E-state index contributed by atoms with van der Waals surface area (Å²) in [5, 5.41) is 0. The van der Waals surface area contributed by atoms with Crippen LogP contribution in [0.1, 0.15) is 46.5 Å². The summed E-state index contributed by atoms with van der Waals surface area (Å²) in [4.78, 5) is 40.3. The minimum atomic E-state index is -1.08. The van der Waals surface area contributed by atoms with Crippen molar-refractivity contribution in [2.75, 3.05) is 19.7 Å². The molecule has 1 unspecified atom stereocenters. The van der Waals surface area contributed by atoms with Gasteiger partial charge in [0, 0.05) is 25.9 Å². The van der Waals surface area contributed by atoms with Crippen LogP contribution in [0.5, 0.6) is 0 Å². The maximum absolute atomic E-state index is 13.1. The molecule has 0 radical (unpaired) electrons. The van der Waals surface area contributed by atoms with E-state index in [0.717, 1.165) is 5.57 Å². The Labute approximate surface area is 144 Å². The summed E-state index contributed by atoms with van der Waals surface area (Å²) >= 11 is 0. The molecule has 1 heterocycles. The summed E-state index contributed by atoms with van der Waals surface area (Å²) in [7, 11) is 0. The van der Waals surface area contributed by atoms with Gasteiger partial charge in [0.25, 0.3) is 5.91 Å². The van der Waals surface area contributed by atoms with Gasteiger partial charge in [-0.15, -0.1) is 13.2 Å². The molecule has 1 aliphatic rings. The van der Waals surface area contributed by atoms with Gasteiger partial charge in [-0.3, -0.25) is 14.5 Å². The van der Waals surface area contributed by atoms with Gasteiger partial charge < -0.3 is 9.64 Å². The van der Waals surface area contributed by atoms with Gasteiger partial charge in [0.15, 0.2) is 0 Å². The quantitative estimate of drug-likeness (QED) is 0.349. The van der Waals surface area contributed by atoms with E-state index in [4.69, 9.17) is 4.74 Å². The number of nitrogens with zero attached hydrogens (tertiary/aromatic N) is 2. The highest BCUT2D eigenvalue weighted by Crippen LogP contribution is 2.37. The van der Waals surface area contributed by atoms with Crippen LogP contribution >= 0.6 is 0 Å². The van der Waals surface area contributed by atoms with E-state index < -0.39 is 5.54 Å². The lowest BCUT2D eigenvalue weighted by molar-refractivity contribution is -0.144. The fourth-order valence-corrected chi connectivity index (χ4v) is 3.13. The summed E-state index contributed by atoms with van der Waals surface area (Å²) in [5.41, 5.74) is -0.300. The first-order chi connectivity index (χ1) is 11.3. The summed E-state index contributed by atoms with van der Waals surface area (Å²) in [6.45, 7) is 14.0. The average Bonchev–Trinajstić information content (AvgIpc) is 2.69. The molecule has 1 atom stereocenters. The summed E-state index contributed by atoms with van der Waals surface area (Å²) in [5.74, 6) is -0.630. The Bertz CT molecular complexity index is 529. The number of carbonyl (C=O) groups excluding carboxylic acids is 3. The third kappa shape index (κ3) is 4.04. The predicted octanol–water partition coefficient (Wildman–Crippen LogP) is 2.89. The van der Waals surface area contributed by atoms with Crippen LogP contribution in [0.4, 0.5) is 4.79 Å². The molecule has 1 fully saturated rings. The van der Waals surface area contributed by atoms with Crippen molar-refractivity contribution in [3.63, 3.8) is 0 Å². The lowest BCUT2D eigenvalue weighted by Gasteiger charge is -2.34. The molecule has 0 aromatic heterocycles. The van der Waals surface area contributed by atoms with Crippen molar-refractivity contribution in [2.45, 2.75) is 52.0 Å². The van der Waals surface area contributed by atoms with Gasteiger partial charge in [-0.2, -0.15) is 0 Å². The lowest BCUT2D eigenvalue weighted by atomic mass is 9.85. The molecule has 0 aliphatic carbocycles. The molecule has 6 nitrogen and oxygen atoms in total. The fourth-order valence-electron chi connectivity index (χ4n) is 3.13. The first-order valence-corrected chi connectivity index (χ1v) is 8.38. The van der Waals surface area contributed by atoms with Crippen LogP contribution in [0.3, 0.4) is 0 Å². The smallest absolute Gasteiger partial charge is 0.327 e. The Balaban J connectivity index is 3.21. The Morgan fingerprint density at radius 3 is 2.50 bits per heavy atom. The molecule has 3 amide bonds. The molecule has 0 aromatic rings. The molecule has 0 bridgehead atoms. The standard InChI is InChI=1S/C18H28N2O4/c1-6-11-19-16(22)18(13-14(4)5,10-9-15(21)24-8-3)20(12-7-2)17(19)23/h7H,2,4,6,8-13H2,1,3,5H3. The number of ether oxygens (including phenoxy) is 1. The van der Waals surface area contributed by atoms with Crippen LogP contribution in [0.25, 0.3) is 0 Å². The monoisotopic (exact) mass is 336 g/mol. The highest BCUT2D eigenvalue weighted by Gasteiger charge is 2.56. The molecule has 0 spiro atoms. The third-order valence-electron chi connectivity index (χ3n) is 4.02. The number of imide groups is 1. The first-order valence-electron chi connectivity index (χ1n) is 8.38. The molecule has 6 heteroatoms. The van der Waals surface area contributed by atoms with Crippen molar-refractivity contribution in [3.05, 3.63) is 24.8 Å². The predicted molar refractivity (Wildman–Crippen MR) is 92.3 cm³/mol. The molecule has 134 valence electrons. The third-order valence-corrected chi connectivity index (χ3v) is 4.02. The maximum Gasteiger partial charge on any atom is 0.327 e. The highest BCUT2D eigenvalue weighted by atomic mass is 16.5. The van der Waals surface area contributed by atoms with Gasteiger partial charge in [-0.25, -0.2) is 4.79 Å². The van der Waals surface area contributed by atoms with Gasteiger partial charge in [0.05, 0.1) is 6.61 Å². The van der Waals surface area contributed by atoms with Crippen LogP contribution in [-0.2, 0) is 14.3 Å². The molecule has 1 saturated heterocycles. The molecule has 0 saturated carbocycles. The number of rotatable bonds is 10. The largest absolute Gasteiger partial charge is 0.466 e. The number of hydrogen-bond acceptors (Lipinski definition) is 4. The molecule has 1 aliphatic heterocycles. The van der Waals surface area contributed by atoms with Crippen molar-refractivity contribution in [1.29, 1.82) is 0 Å². The average molecular weight is 336 g/mol. The normalized spacial score (nSPS) is 20.5. The second-order valence-corrected chi connectivity index (χ2v) is 6.11. The Kier molecular flexibility index (Phi) is 7.19. The Morgan fingerprint density at radius 2 is 2.00 bits per heavy atom. The molecule has 0 aromatic carbocycles. The number of hydrogen-bond donors (Lipinski definition) is 0. The summed E-state index contributed by atoms with van der Waals surface area (Å²) in [6.07, 6.45) is 2.90. The van der Waals surface area contributed by atoms with E-state index in [9.17, 15) is 14.4 Å². The fraction of sp³-hybridized carbons (Fsp3) is 0.611. The van der Waals surface area contributed by atoms with E-state index in [1.54, 1.807) is 13.0 Å². The zero-order valence-corrected chi connectivity index (χ0v) is 15.0. The molecule has 1 rings (SSSR count). The van der Waals surface area contributed by atoms with Crippen molar-refractivity contribution < 1.29 is 19.1 Å². The first kappa shape index (κ1) is 19.9.